The largest absolute Gasteiger partial charge is 0.343 e. The Labute approximate surface area is 105 Å². The molecule has 1 aromatic heterocycles. The number of aryl methyl sites for hydroxylation is 2. The molecule has 1 heterocycles. The van der Waals surface area contributed by atoms with Crippen molar-refractivity contribution in [3.8, 4) is 6.07 Å². The first-order chi connectivity index (χ1) is 8.45. The molecule has 0 atom stereocenters. The molecule has 0 aliphatic rings. The number of aromatic nitrogens is 2. The van der Waals surface area contributed by atoms with Gasteiger partial charge < -0.3 is 4.90 Å². The van der Waals surface area contributed by atoms with Gasteiger partial charge in [-0.15, -0.1) is 0 Å². The van der Waals surface area contributed by atoms with Crippen LogP contribution in [-0.2, 0) is 11.3 Å². The van der Waals surface area contributed by atoms with Gasteiger partial charge >= 0.3 is 0 Å². The van der Waals surface area contributed by atoms with Gasteiger partial charge in [-0.2, -0.15) is 5.26 Å². The first-order valence-corrected chi connectivity index (χ1v) is 5.61. The molecule has 6 nitrogen and oxygen atoms in total. The molecule has 0 saturated carbocycles. The zero-order valence-corrected chi connectivity index (χ0v) is 10.8. The summed E-state index contributed by atoms with van der Waals surface area (Å²) in [6, 6.07) is 3.37. The second kappa shape index (κ2) is 5.96. The summed E-state index contributed by atoms with van der Waals surface area (Å²) >= 11 is 0. The third-order valence-corrected chi connectivity index (χ3v) is 2.61. The van der Waals surface area contributed by atoms with Gasteiger partial charge in [0.2, 0.25) is 5.91 Å². The Balaban J connectivity index is 2.83. The summed E-state index contributed by atoms with van der Waals surface area (Å²) < 4.78 is 1.33. The zero-order valence-electron chi connectivity index (χ0n) is 10.8. The summed E-state index contributed by atoms with van der Waals surface area (Å²) in [5.74, 6) is 0.308. The molecule has 0 aromatic carbocycles. The topological polar surface area (TPSA) is 79.0 Å². The van der Waals surface area contributed by atoms with Crippen LogP contribution in [0.5, 0.6) is 0 Å². The van der Waals surface area contributed by atoms with Crippen molar-refractivity contribution in [2.75, 3.05) is 13.6 Å². The highest BCUT2D eigenvalue weighted by atomic mass is 16.2. The zero-order chi connectivity index (χ0) is 13.7. The fraction of sp³-hybridized carbons (Fsp3) is 0.500. The van der Waals surface area contributed by atoms with Crippen molar-refractivity contribution in [3.63, 3.8) is 0 Å². The Bertz CT molecular complexity index is 542. The van der Waals surface area contributed by atoms with E-state index in [-0.39, 0.29) is 24.4 Å². The van der Waals surface area contributed by atoms with Crippen molar-refractivity contribution < 1.29 is 4.79 Å². The molecule has 0 aliphatic heterocycles. The maximum absolute atomic E-state index is 11.8. The van der Waals surface area contributed by atoms with Gasteiger partial charge in [0, 0.05) is 25.4 Å². The van der Waals surface area contributed by atoms with E-state index in [1.54, 1.807) is 20.9 Å². The van der Waals surface area contributed by atoms with Crippen molar-refractivity contribution >= 4 is 5.91 Å². The molecule has 0 bridgehead atoms. The monoisotopic (exact) mass is 248 g/mol. The summed E-state index contributed by atoms with van der Waals surface area (Å²) in [6.45, 7) is 3.75. The van der Waals surface area contributed by atoms with Gasteiger partial charge in [-0.3, -0.25) is 14.2 Å². The Morgan fingerprint density at radius 3 is 2.78 bits per heavy atom. The second-order valence-corrected chi connectivity index (χ2v) is 4.09. The number of carbonyl (C=O) groups excluding carboxylic acids is 1. The smallest absolute Gasteiger partial charge is 0.254 e. The van der Waals surface area contributed by atoms with E-state index in [2.05, 4.69) is 4.98 Å². The van der Waals surface area contributed by atoms with Gasteiger partial charge in [-0.1, -0.05) is 0 Å². The number of nitriles is 1. The molecule has 0 aliphatic carbocycles. The molecular formula is C12H16N4O2. The van der Waals surface area contributed by atoms with Crippen molar-refractivity contribution in [1.82, 2.24) is 14.5 Å². The predicted molar refractivity (Wildman–Crippen MR) is 65.8 cm³/mol. The number of likely N-dealkylation sites (N-methyl/N-ethyl adjacent to an activating group) is 1. The van der Waals surface area contributed by atoms with Gasteiger partial charge in [0.1, 0.15) is 12.4 Å². The summed E-state index contributed by atoms with van der Waals surface area (Å²) in [4.78, 5) is 29.2. The predicted octanol–water partition coefficient (Wildman–Crippen LogP) is 0.232. The SMILES string of the molecule is Cc1cc(=O)n(CC(=O)N(C)CCC#N)c(C)n1. The molecule has 1 aromatic rings. The van der Waals surface area contributed by atoms with Crippen LogP contribution in [0.1, 0.15) is 17.9 Å². The van der Waals surface area contributed by atoms with Crippen LogP contribution in [0.15, 0.2) is 10.9 Å². The fourth-order valence-corrected chi connectivity index (χ4v) is 1.55. The average Bonchev–Trinajstić information content (AvgIpc) is 2.30. The third kappa shape index (κ3) is 3.42. The maximum Gasteiger partial charge on any atom is 0.254 e. The van der Waals surface area contributed by atoms with Crippen LogP contribution in [0.4, 0.5) is 0 Å². The number of rotatable bonds is 4. The minimum absolute atomic E-state index is 0.0418. The minimum Gasteiger partial charge on any atom is -0.343 e. The van der Waals surface area contributed by atoms with E-state index >= 15 is 0 Å². The molecule has 18 heavy (non-hydrogen) atoms. The number of hydrogen-bond donors (Lipinski definition) is 0. The highest BCUT2D eigenvalue weighted by molar-refractivity contribution is 5.75. The lowest BCUT2D eigenvalue weighted by molar-refractivity contribution is -0.130. The molecule has 0 N–H and O–H groups in total. The minimum atomic E-state index is -0.234. The highest BCUT2D eigenvalue weighted by Gasteiger charge is 2.12. The van der Waals surface area contributed by atoms with E-state index in [1.165, 1.54) is 15.5 Å². The van der Waals surface area contributed by atoms with Gasteiger partial charge in [-0.05, 0) is 13.8 Å². The Hall–Kier alpha value is -2.16. The average molecular weight is 248 g/mol. The van der Waals surface area contributed by atoms with Gasteiger partial charge in [0.15, 0.2) is 0 Å². The Kier molecular flexibility index (Phi) is 4.60. The number of carbonyl (C=O) groups is 1. The quantitative estimate of drug-likeness (QED) is 0.764. The summed E-state index contributed by atoms with van der Waals surface area (Å²) in [6.07, 6.45) is 0.280. The first kappa shape index (κ1) is 13.9. The lowest BCUT2D eigenvalue weighted by atomic mass is 10.4. The van der Waals surface area contributed by atoms with Crippen LogP contribution in [-0.4, -0.2) is 34.0 Å². The van der Waals surface area contributed by atoms with Crippen LogP contribution >= 0.6 is 0 Å². The van der Waals surface area contributed by atoms with E-state index < -0.39 is 0 Å². The Morgan fingerprint density at radius 2 is 2.22 bits per heavy atom. The molecule has 0 spiro atoms. The van der Waals surface area contributed by atoms with Gasteiger partial charge in [0.25, 0.3) is 5.56 Å². The molecule has 0 unspecified atom stereocenters. The van der Waals surface area contributed by atoms with Crippen molar-refractivity contribution in [2.45, 2.75) is 26.8 Å². The van der Waals surface area contributed by atoms with E-state index in [0.717, 1.165) is 0 Å². The van der Waals surface area contributed by atoms with E-state index in [1.807, 2.05) is 6.07 Å². The first-order valence-electron chi connectivity index (χ1n) is 5.61. The van der Waals surface area contributed by atoms with Crippen LogP contribution in [0.3, 0.4) is 0 Å². The molecule has 1 rings (SSSR count). The van der Waals surface area contributed by atoms with E-state index in [0.29, 0.717) is 18.1 Å². The highest BCUT2D eigenvalue weighted by Crippen LogP contribution is 1.96. The number of nitrogens with zero attached hydrogens (tertiary/aromatic N) is 4. The molecule has 0 radical (unpaired) electrons. The fourth-order valence-electron chi connectivity index (χ4n) is 1.55. The lowest BCUT2D eigenvalue weighted by Crippen LogP contribution is -2.35. The summed E-state index contributed by atoms with van der Waals surface area (Å²) in [5, 5.41) is 8.45. The number of hydrogen-bond acceptors (Lipinski definition) is 4. The lowest BCUT2D eigenvalue weighted by Gasteiger charge is -2.17. The maximum atomic E-state index is 11.8. The van der Waals surface area contributed by atoms with Gasteiger partial charge in [0.05, 0.1) is 12.5 Å². The Morgan fingerprint density at radius 1 is 1.56 bits per heavy atom. The van der Waals surface area contributed by atoms with E-state index in [9.17, 15) is 9.59 Å². The molecule has 0 fully saturated rings. The van der Waals surface area contributed by atoms with Crippen LogP contribution < -0.4 is 5.56 Å². The molecule has 1 amide bonds. The molecule has 96 valence electrons. The van der Waals surface area contributed by atoms with Crippen LogP contribution in [0, 0.1) is 25.2 Å². The van der Waals surface area contributed by atoms with Gasteiger partial charge in [-0.25, -0.2) is 4.98 Å². The summed E-state index contributed by atoms with van der Waals surface area (Å²) in [7, 11) is 1.61. The van der Waals surface area contributed by atoms with E-state index in [4.69, 9.17) is 5.26 Å². The van der Waals surface area contributed by atoms with Crippen molar-refractivity contribution in [3.05, 3.63) is 27.9 Å². The standard InChI is InChI=1S/C12H16N4O2/c1-9-7-11(17)16(10(2)14-9)8-12(18)15(3)6-4-5-13/h7H,4,6,8H2,1-3H3. The van der Waals surface area contributed by atoms with Crippen LogP contribution in [0.25, 0.3) is 0 Å². The third-order valence-electron chi connectivity index (χ3n) is 2.61. The summed E-state index contributed by atoms with van der Waals surface area (Å²) in [5.41, 5.74) is 0.404. The van der Waals surface area contributed by atoms with Crippen molar-refractivity contribution in [2.24, 2.45) is 0 Å². The van der Waals surface area contributed by atoms with Crippen molar-refractivity contribution in [1.29, 1.82) is 5.26 Å². The second-order valence-electron chi connectivity index (χ2n) is 4.09. The molecule has 6 heteroatoms. The molecular weight excluding hydrogens is 232 g/mol. The van der Waals surface area contributed by atoms with Crippen LogP contribution in [0.2, 0.25) is 0 Å². The normalized spacial score (nSPS) is 9.89. The molecule has 0 saturated heterocycles. The number of amides is 1.